The van der Waals surface area contributed by atoms with Crippen molar-refractivity contribution in [3.63, 3.8) is 0 Å². The third-order valence-electron chi connectivity index (χ3n) is 4.64. The van der Waals surface area contributed by atoms with E-state index < -0.39 is 11.9 Å². The average molecular weight is 437 g/mol. The molecular weight excluding hydrogens is 411 g/mol. The van der Waals surface area contributed by atoms with Gasteiger partial charge in [-0.15, -0.1) is 11.8 Å². The summed E-state index contributed by atoms with van der Waals surface area (Å²) < 4.78 is 14.2. The van der Waals surface area contributed by atoms with Gasteiger partial charge in [-0.2, -0.15) is 0 Å². The van der Waals surface area contributed by atoms with Crippen LogP contribution in [0.25, 0.3) is 0 Å². The maximum atomic E-state index is 14.2. The van der Waals surface area contributed by atoms with Crippen molar-refractivity contribution in [3.05, 3.63) is 64.9 Å². The van der Waals surface area contributed by atoms with Gasteiger partial charge in [0.05, 0.1) is 5.75 Å². The van der Waals surface area contributed by atoms with Crippen molar-refractivity contribution in [2.24, 2.45) is 0 Å². The summed E-state index contributed by atoms with van der Waals surface area (Å²) in [7, 11) is 0. The quantitative estimate of drug-likeness (QED) is 0.568. The molecule has 0 saturated carbocycles. The van der Waals surface area contributed by atoms with Crippen molar-refractivity contribution in [2.45, 2.75) is 50.7 Å². The molecular formula is C22H26ClFN2O2S. The number of benzene rings is 2. The van der Waals surface area contributed by atoms with Gasteiger partial charge in [0.2, 0.25) is 11.8 Å². The second kappa shape index (κ2) is 11.2. The lowest BCUT2D eigenvalue weighted by molar-refractivity contribution is -0.139. The van der Waals surface area contributed by atoms with E-state index in [0.29, 0.717) is 10.6 Å². The smallest absolute Gasteiger partial charge is 0.242 e. The number of halogens is 2. The molecule has 2 aromatic rings. The summed E-state index contributed by atoms with van der Waals surface area (Å²) in [5.74, 6) is -0.748. The van der Waals surface area contributed by atoms with Gasteiger partial charge in [0.25, 0.3) is 0 Å². The molecule has 7 heteroatoms. The molecule has 2 amide bonds. The first-order chi connectivity index (χ1) is 13.8. The summed E-state index contributed by atoms with van der Waals surface area (Å²) in [6.07, 6.45) is 0.784. The van der Waals surface area contributed by atoms with Crippen LogP contribution in [-0.4, -0.2) is 34.6 Å². The van der Waals surface area contributed by atoms with Gasteiger partial charge < -0.3 is 10.2 Å². The van der Waals surface area contributed by atoms with E-state index in [-0.39, 0.29) is 30.2 Å². The van der Waals surface area contributed by atoms with Gasteiger partial charge in [-0.25, -0.2) is 4.39 Å². The van der Waals surface area contributed by atoms with E-state index in [2.05, 4.69) is 5.32 Å². The van der Waals surface area contributed by atoms with Gasteiger partial charge in [-0.1, -0.05) is 36.7 Å². The van der Waals surface area contributed by atoms with Crippen molar-refractivity contribution < 1.29 is 14.0 Å². The monoisotopic (exact) mass is 436 g/mol. The maximum absolute atomic E-state index is 14.2. The first-order valence-electron chi connectivity index (χ1n) is 9.53. The lowest BCUT2D eigenvalue weighted by Crippen LogP contribution is -2.50. The molecule has 0 aliphatic rings. The highest BCUT2D eigenvalue weighted by molar-refractivity contribution is 8.00. The van der Waals surface area contributed by atoms with E-state index in [1.165, 1.54) is 22.7 Å². The predicted molar refractivity (Wildman–Crippen MR) is 116 cm³/mol. The molecule has 0 fully saturated rings. The van der Waals surface area contributed by atoms with Crippen LogP contribution in [0.2, 0.25) is 5.02 Å². The Labute approximate surface area is 180 Å². The van der Waals surface area contributed by atoms with Crippen molar-refractivity contribution in [3.8, 4) is 0 Å². The number of hydrogen-bond acceptors (Lipinski definition) is 3. The highest BCUT2D eigenvalue weighted by atomic mass is 35.5. The topological polar surface area (TPSA) is 49.4 Å². The molecule has 0 heterocycles. The summed E-state index contributed by atoms with van der Waals surface area (Å²) in [5.41, 5.74) is 0.375. The normalized spacial score (nSPS) is 12.9. The molecule has 0 aliphatic carbocycles. The molecule has 4 nitrogen and oxygen atoms in total. The Kier molecular flexibility index (Phi) is 8.99. The van der Waals surface area contributed by atoms with Crippen LogP contribution < -0.4 is 5.32 Å². The van der Waals surface area contributed by atoms with Gasteiger partial charge in [-0.3, -0.25) is 9.59 Å². The number of hydrogen-bond donors (Lipinski definition) is 1. The van der Waals surface area contributed by atoms with E-state index in [1.54, 1.807) is 37.3 Å². The molecule has 0 spiro atoms. The minimum Gasteiger partial charge on any atom is -0.352 e. The molecule has 2 aromatic carbocycles. The number of carbonyl (C=O) groups excluding carboxylic acids is 2. The Morgan fingerprint density at radius 3 is 2.41 bits per heavy atom. The summed E-state index contributed by atoms with van der Waals surface area (Å²) in [6, 6.07) is 12.8. The van der Waals surface area contributed by atoms with Crippen molar-refractivity contribution >= 4 is 35.2 Å². The third-order valence-corrected chi connectivity index (χ3v) is 5.89. The molecule has 29 heavy (non-hydrogen) atoms. The Hall–Kier alpha value is -2.05. The molecule has 0 unspecified atom stereocenters. The van der Waals surface area contributed by atoms with Gasteiger partial charge >= 0.3 is 0 Å². The van der Waals surface area contributed by atoms with E-state index in [0.717, 1.165) is 11.3 Å². The number of carbonyl (C=O) groups is 2. The van der Waals surface area contributed by atoms with E-state index >= 15 is 0 Å². The average Bonchev–Trinajstić information content (AvgIpc) is 2.71. The summed E-state index contributed by atoms with van der Waals surface area (Å²) in [4.78, 5) is 27.9. The van der Waals surface area contributed by atoms with Crippen molar-refractivity contribution in [1.29, 1.82) is 0 Å². The number of nitrogens with zero attached hydrogens (tertiary/aromatic N) is 1. The molecule has 0 aliphatic heterocycles. The second-order valence-electron chi connectivity index (χ2n) is 6.85. The van der Waals surface area contributed by atoms with E-state index in [1.807, 2.05) is 26.0 Å². The van der Waals surface area contributed by atoms with Crippen molar-refractivity contribution in [1.82, 2.24) is 10.2 Å². The fraction of sp³-hybridized carbons (Fsp3) is 0.364. The maximum Gasteiger partial charge on any atom is 0.242 e. The second-order valence-corrected chi connectivity index (χ2v) is 8.33. The van der Waals surface area contributed by atoms with Crippen LogP contribution in [-0.2, 0) is 16.1 Å². The number of thioether (sulfide) groups is 1. The van der Waals surface area contributed by atoms with Gasteiger partial charge in [0.1, 0.15) is 11.9 Å². The zero-order chi connectivity index (χ0) is 21.4. The van der Waals surface area contributed by atoms with E-state index in [9.17, 15) is 14.0 Å². The first kappa shape index (κ1) is 23.2. The summed E-state index contributed by atoms with van der Waals surface area (Å²) in [6.45, 7) is 5.58. The SMILES string of the molecule is CC[C@@H](C)NC(=O)[C@@H](C)N(Cc1ccccc1F)C(=O)CSc1ccc(Cl)cc1. The fourth-order valence-electron chi connectivity index (χ4n) is 2.62. The Morgan fingerprint density at radius 1 is 1.14 bits per heavy atom. The van der Waals surface area contributed by atoms with Gasteiger partial charge in [-0.05, 0) is 50.6 Å². The lowest BCUT2D eigenvalue weighted by atomic mass is 10.1. The van der Waals surface area contributed by atoms with Crippen LogP contribution in [0.5, 0.6) is 0 Å². The number of amides is 2. The van der Waals surface area contributed by atoms with Crippen LogP contribution in [0.3, 0.4) is 0 Å². The highest BCUT2D eigenvalue weighted by Crippen LogP contribution is 2.22. The number of nitrogens with one attached hydrogen (secondary N) is 1. The minimum atomic E-state index is -0.720. The zero-order valence-electron chi connectivity index (χ0n) is 16.8. The molecule has 0 saturated heterocycles. The van der Waals surface area contributed by atoms with E-state index in [4.69, 9.17) is 11.6 Å². The van der Waals surface area contributed by atoms with Crippen LogP contribution in [0, 0.1) is 5.82 Å². The minimum absolute atomic E-state index is 0.00111. The lowest BCUT2D eigenvalue weighted by Gasteiger charge is -2.29. The highest BCUT2D eigenvalue weighted by Gasteiger charge is 2.27. The fourth-order valence-corrected chi connectivity index (χ4v) is 3.53. The molecule has 0 aromatic heterocycles. The van der Waals surface area contributed by atoms with Gasteiger partial charge in [0, 0.05) is 28.1 Å². The third kappa shape index (κ3) is 7.05. The molecule has 0 radical (unpaired) electrons. The standard InChI is InChI=1S/C22H26ClFN2O2S/c1-4-15(2)25-22(28)16(3)26(13-17-7-5-6-8-20(17)24)21(27)14-29-19-11-9-18(23)10-12-19/h5-12,15-16H,4,13-14H2,1-3H3,(H,25,28)/t15-,16-/m1/s1. The Morgan fingerprint density at radius 2 is 1.79 bits per heavy atom. The van der Waals surface area contributed by atoms with Crippen LogP contribution in [0.15, 0.2) is 53.4 Å². The zero-order valence-corrected chi connectivity index (χ0v) is 18.4. The largest absolute Gasteiger partial charge is 0.352 e. The molecule has 2 rings (SSSR count). The summed E-state index contributed by atoms with van der Waals surface area (Å²) >= 11 is 7.25. The first-order valence-corrected chi connectivity index (χ1v) is 10.9. The molecule has 156 valence electrons. The van der Waals surface area contributed by atoms with Gasteiger partial charge in [0.15, 0.2) is 0 Å². The molecule has 1 N–H and O–H groups in total. The molecule has 2 atom stereocenters. The van der Waals surface area contributed by atoms with Crippen LogP contribution >= 0.6 is 23.4 Å². The predicted octanol–water partition coefficient (Wildman–Crippen LogP) is 4.90. The Balaban J connectivity index is 2.15. The molecule has 0 bridgehead atoms. The van der Waals surface area contributed by atoms with Crippen molar-refractivity contribution in [2.75, 3.05) is 5.75 Å². The number of rotatable bonds is 9. The summed E-state index contributed by atoms with van der Waals surface area (Å²) in [5, 5.41) is 3.52. The van der Waals surface area contributed by atoms with Crippen LogP contribution in [0.4, 0.5) is 4.39 Å². The Bertz CT molecular complexity index is 832. The van der Waals surface area contributed by atoms with Crippen LogP contribution in [0.1, 0.15) is 32.8 Å².